The minimum absolute atomic E-state index is 0.202. The fourth-order valence-electron chi connectivity index (χ4n) is 3.80. The van der Waals surface area contributed by atoms with Crippen molar-refractivity contribution in [2.75, 3.05) is 7.05 Å². The Kier molecular flexibility index (Phi) is 5.96. The van der Waals surface area contributed by atoms with Crippen molar-refractivity contribution in [3.63, 3.8) is 0 Å². The Morgan fingerprint density at radius 1 is 0.645 bits per heavy atom. The van der Waals surface area contributed by atoms with Crippen LogP contribution in [0.1, 0.15) is 32.6 Å². The lowest BCUT2D eigenvalue weighted by Crippen LogP contribution is -2.41. The van der Waals surface area contributed by atoms with E-state index in [1.165, 1.54) is 5.06 Å². The zero-order chi connectivity index (χ0) is 21.7. The van der Waals surface area contributed by atoms with E-state index in [1.807, 2.05) is 122 Å². The topological polar surface area (TPSA) is 29.5 Å². The Hall–Kier alpha value is -3.69. The molecule has 0 aliphatic carbocycles. The highest BCUT2D eigenvalue weighted by atomic mass is 16.7. The van der Waals surface area contributed by atoms with Crippen LogP contribution in [0.3, 0.4) is 0 Å². The van der Waals surface area contributed by atoms with Gasteiger partial charge in [-0.3, -0.25) is 4.79 Å². The number of hydrogen-bond donors (Lipinski definition) is 0. The number of hydroxylamine groups is 2. The van der Waals surface area contributed by atoms with Gasteiger partial charge in [-0.25, -0.2) is 9.90 Å². The quantitative estimate of drug-likeness (QED) is 0.290. The van der Waals surface area contributed by atoms with E-state index in [2.05, 4.69) is 0 Å². The van der Waals surface area contributed by atoms with Crippen molar-refractivity contribution in [1.82, 2.24) is 5.06 Å². The van der Waals surface area contributed by atoms with Crippen LogP contribution in [0.2, 0.25) is 0 Å². The van der Waals surface area contributed by atoms with E-state index in [4.69, 9.17) is 4.84 Å². The van der Waals surface area contributed by atoms with Crippen LogP contribution < -0.4 is 0 Å². The zero-order valence-electron chi connectivity index (χ0n) is 17.7. The summed E-state index contributed by atoms with van der Waals surface area (Å²) in [4.78, 5) is 19.9. The monoisotopic (exact) mass is 407 g/mol. The maximum absolute atomic E-state index is 13.2. The summed E-state index contributed by atoms with van der Waals surface area (Å²) in [7, 11) is 1.67. The van der Waals surface area contributed by atoms with Gasteiger partial charge >= 0.3 is 0 Å². The van der Waals surface area contributed by atoms with Gasteiger partial charge in [0.25, 0.3) is 5.91 Å². The van der Waals surface area contributed by atoms with Gasteiger partial charge in [0.05, 0.1) is 0 Å². The van der Waals surface area contributed by atoms with Crippen LogP contribution in [0, 0.1) is 6.92 Å². The molecule has 4 rings (SSSR count). The van der Waals surface area contributed by atoms with Crippen molar-refractivity contribution in [3.05, 3.63) is 143 Å². The van der Waals surface area contributed by atoms with E-state index < -0.39 is 5.60 Å². The molecule has 31 heavy (non-hydrogen) atoms. The molecule has 3 nitrogen and oxygen atoms in total. The standard InChI is InChI=1S/C28H25NO2/c1-22-18-20-23(21-19-22)27(30)29(2)31-28(24-12-6-3-7-13-24,25-14-8-4-9-15-25)26-16-10-5-11-17-26/h3-21H,1-2H3. The van der Waals surface area contributed by atoms with Gasteiger partial charge < -0.3 is 0 Å². The van der Waals surface area contributed by atoms with Gasteiger partial charge in [0.1, 0.15) is 0 Å². The molecule has 154 valence electrons. The molecule has 4 aromatic carbocycles. The molecule has 3 heteroatoms. The van der Waals surface area contributed by atoms with Gasteiger partial charge in [0.2, 0.25) is 0 Å². The third-order valence-corrected chi connectivity index (χ3v) is 5.40. The Labute approximate surface area is 183 Å². The lowest BCUT2D eigenvalue weighted by molar-refractivity contribution is -0.175. The van der Waals surface area contributed by atoms with E-state index in [0.29, 0.717) is 5.56 Å². The molecule has 0 bridgehead atoms. The molecule has 0 atom stereocenters. The molecule has 0 unspecified atom stereocenters. The van der Waals surface area contributed by atoms with E-state index in [9.17, 15) is 4.79 Å². The van der Waals surface area contributed by atoms with E-state index >= 15 is 0 Å². The molecule has 1 amide bonds. The van der Waals surface area contributed by atoms with Crippen LogP contribution in [0.15, 0.2) is 115 Å². The van der Waals surface area contributed by atoms with Crippen LogP contribution in [-0.2, 0) is 10.4 Å². The third kappa shape index (κ3) is 4.14. The number of amides is 1. The molecule has 0 saturated heterocycles. The zero-order valence-corrected chi connectivity index (χ0v) is 17.7. The van der Waals surface area contributed by atoms with Gasteiger partial charge in [0.15, 0.2) is 5.60 Å². The second kappa shape index (κ2) is 8.99. The molecule has 0 aliphatic rings. The van der Waals surface area contributed by atoms with Crippen LogP contribution in [0.4, 0.5) is 0 Å². The highest BCUT2D eigenvalue weighted by Gasteiger charge is 2.40. The van der Waals surface area contributed by atoms with E-state index in [1.54, 1.807) is 7.05 Å². The summed E-state index contributed by atoms with van der Waals surface area (Å²) in [6, 6.07) is 37.6. The minimum atomic E-state index is -0.987. The Morgan fingerprint density at radius 2 is 1.03 bits per heavy atom. The normalized spacial score (nSPS) is 11.2. The molecule has 0 aliphatic heterocycles. The van der Waals surface area contributed by atoms with Gasteiger partial charge in [0, 0.05) is 12.6 Å². The number of benzene rings is 4. The molecule has 0 saturated carbocycles. The van der Waals surface area contributed by atoms with Gasteiger partial charge in [-0.15, -0.1) is 0 Å². The summed E-state index contributed by atoms with van der Waals surface area (Å²) >= 11 is 0. The van der Waals surface area contributed by atoms with Crippen molar-refractivity contribution < 1.29 is 9.63 Å². The Balaban J connectivity index is 1.86. The summed E-state index contributed by atoms with van der Waals surface area (Å²) in [6.45, 7) is 2.00. The lowest BCUT2D eigenvalue weighted by Gasteiger charge is -2.38. The highest BCUT2D eigenvalue weighted by molar-refractivity contribution is 5.93. The Bertz CT molecular complexity index is 1030. The molecule has 0 aromatic heterocycles. The van der Waals surface area contributed by atoms with Crippen LogP contribution in [0.5, 0.6) is 0 Å². The second-order valence-corrected chi connectivity index (χ2v) is 7.54. The third-order valence-electron chi connectivity index (χ3n) is 5.40. The van der Waals surface area contributed by atoms with Crippen molar-refractivity contribution in [1.29, 1.82) is 0 Å². The van der Waals surface area contributed by atoms with E-state index in [-0.39, 0.29) is 5.91 Å². The number of nitrogens with zero attached hydrogens (tertiary/aromatic N) is 1. The maximum Gasteiger partial charge on any atom is 0.277 e. The average Bonchev–Trinajstić information content (AvgIpc) is 2.84. The van der Waals surface area contributed by atoms with Crippen LogP contribution in [0.25, 0.3) is 0 Å². The predicted octanol–water partition coefficient (Wildman–Crippen LogP) is 5.99. The molecule has 0 spiro atoms. The molecule has 4 aromatic rings. The summed E-state index contributed by atoms with van der Waals surface area (Å²) in [5, 5.41) is 1.34. The molecular weight excluding hydrogens is 382 g/mol. The first kappa shape index (κ1) is 20.6. The smallest absolute Gasteiger partial charge is 0.267 e. The first-order valence-electron chi connectivity index (χ1n) is 10.3. The lowest BCUT2D eigenvalue weighted by atomic mass is 9.80. The van der Waals surface area contributed by atoms with Crippen molar-refractivity contribution in [3.8, 4) is 0 Å². The maximum atomic E-state index is 13.2. The van der Waals surface area contributed by atoms with Crippen molar-refractivity contribution >= 4 is 5.91 Å². The molecule has 0 N–H and O–H groups in total. The molecular formula is C28H25NO2. The summed E-state index contributed by atoms with van der Waals surface area (Å²) in [5.41, 5.74) is 3.52. The van der Waals surface area contributed by atoms with Crippen molar-refractivity contribution in [2.24, 2.45) is 0 Å². The van der Waals surface area contributed by atoms with Gasteiger partial charge in [-0.1, -0.05) is 109 Å². The number of aryl methyl sites for hydroxylation is 1. The first-order chi connectivity index (χ1) is 15.1. The fourth-order valence-corrected chi connectivity index (χ4v) is 3.80. The van der Waals surface area contributed by atoms with Crippen LogP contribution in [-0.4, -0.2) is 18.0 Å². The summed E-state index contributed by atoms with van der Waals surface area (Å²) in [6.07, 6.45) is 0. The molecule has 0 fully saturated rings. The molecule has 0 heterocycles. The summed E-state index contributed by atoms with van der Waals surface area (Å²) < 4.78 is 0. The molecule has 0 radical (unpaired) electrons. The number of carbonyl (C=O) groups is 1. The number of rotatable bonds is 6. The van der Waals surface area contributed by atoms with Gasteiger partial charge in [-0.2, -0.15) is 0 Å². The minimum Gasteiger partial charge on any atom is -0.267 e. The summed E-state index contributed by atoms with van der Waals surface area (Å²) in [5.74, 6) is -0.202. The first-order valence-corrected chi connectivity index (χ1v) is 10.3. The fraction of sp³-hybridized carbons (Fsp3) is 0.107. The van der Waals surface area contributed by atoms with E-state index in [0.717, 1.165) is 22.3 Å². The largest absolute Gasteiger partial charge is 0.277 e. The number of hydrogen-bond acceptors (Lipinski definition) is 2. The van der Waals surface area contributed by atoms with Crippen molar-refractivity contribution in [2.45, 2.75) is 12.5 Å². The Morgan fingerprint density at radius 3 is 1.42 bits per heavy atom. The SMILES string of the molecule is Cc1ccc(C(=O)N(C)OC(c2ccccc2)(c2ccccc2)c2ccccc2)cc1. The van der Waals surface area contributed by atoms with Crippen LogP contribution >= 0.6 is 0 Å². The number of carbonyl (C=O) groups excluding carboxylic acids is 1. The second-order valence-electron chi connectivity index (χ2n) is 7.54. The predicted molar refractivity (Wildman–Crippen MR) is 124 cm³/mol. The average molecular weight is 408 g/mol. The highest BCUT2D eigenvalue weighted by Crippen LogP contribution is 2.41. The van der Waals surface area contributed by atoms with Gasteiger partial charge in [-0.05, 0) is 35.7 Å².